The molecule has 0 aliphatic carbocycles. The zero-order valence-corrected chi connectivity index (χ0v) is 8.89. The Hall–Kier alpha value is -1.90. The minimum atomic E-state index is -0.132. The van der Waals surface area contributed by atoms with E-state index in [4.69, 9.17) is 0 Å². The highest BCUT2D eigenvalue weighted by molar-refractivity contribution is 5.59. The quantitative estimate of drug-likeness (QED) is 0.723. The van der Waals surface area contributed by atoms with Crippen LogP contribution in [0.3, 0.4) is 0 Å². The van der Waals surface area contributed by atoms with Crippen LogP contribution < -0.4 is 5.56 Å². The molecule has 0 spiro atoms. The number of hydrogen-bond donors (Lipinski definition) is 0. The van der Waals surface area contributed by atoms with E-state index < -0.39 is 0 Å². The lowest BCUT2D eigenvalue weighted by atomic mass is 10.1. The lowest BCUT2D eigenvalue weighted by molar-refractivity contribution is 0.741. The maximum Gasteiger partial charge on any atom is 0.273 e. The van der Waals surface area contributed by atoms with Crippen LogP contribution in [0.25, 0.3) is 11.3 Å². The van der Waals surface area contributed by atoms with Gasteiger partial charge in [-0.15, -0.1) is 0 Å². The molecule has 2 aromatic rings. The predicted molar refractivity (Wildman–Crippen MR) is 62.3 cm³/mol. The Morgan fingerprint density at radius 1 is 1.19 bits per heavy atom. The monoisotopic (exact) mass is 212 g/mol. The third-order valence-electron chi connectivity index (χ3n) is 2.95. The van der Waals surface area contributed by atoms with Gasteiger partial charge in [0.2, 0.25) is 0 Å². The maximum absolute atomic E-state index is 11.5. The smallest absolute Gasteiger partial charge is 0.273 e. The molecule has 80 valence electrons. The molecule has 3 rings (SSSR count). The Morgan fingerprint density at radius 2 is 2.00 bits per heavy atom. The molecule has 0 radical (unpaired) electrons. The number of rotatable bonds is 1. The van der Waals surface area contributed by atoms with Gasteiger partial charge in [0.05, 0.1) is 5.69 Å². The number of nitrogens with zero attached hydrogens (tertiary/aromatic N) is 2. The summed E-state index contributed by atoms with van der Waals surface area (Å²) < 4.78 is 2.15. The van der Waals surface area contributed by atoms with E-state index >= 15 is 0 Å². The van der Waals surface area contributed by atoms with Crippen LogP contribution in [0.15, 0.2) is 41.2 Å². The highest BCUT2D eigenvalue weighted by Crippen LogP contribution is 2.22. The average molecular weight is 212 g/mol. The summed E-state index contributed by atoms with van der Waals surface area (Å²) in [5.41, 5.74) is 1.95. The van der Waals surface area contributed by atoms with E-state index in [1.807, 2.05) is 30.3 Å². The van der Waals surface area contributed by atoms with Crippen molar-refractivity contribution in [1.82, 2.24) is 9.55 Å². The zero-order chi connectivity index (χ0) is 11.0. The number of hydrogen-bond acceptors (Lipinski definition) is 2. The maximum atomic E-state index is 11.5. The molecule has 0 saturated carbocycles. The van der Waals surface area contributed by atoms with Gasteiger partial charge in [0.15, 0.2) is 0 Å². The molecular weight excluding hydrogens is 200 g/mol. The second-order valence-electron chi connectivity index (χ2n) is 4.02. The zero-order valence-electron chi connectivity index (χ0n) is 8.89. The minimum Gasteiger partial charge on any atom is -0.329 e. The largest absolute Gasteiger partial charge is 0.329 e. The average Bonchev–Trinajstić information content (AvgIpc) is 2.77. The van der Waals surface area contributed by atoms with Gasteiger partial charge in [-0.2, -0.15) is 4.98 Å². The van der Waals surface area contributed by atoms with E-state index in [0.717, 1.165) is 36.5 Å². The van der Waals surface area contributed by atoms with Crippen LogP contribution >= 0.6 is 0 Å². The lowest BCUT2D eigenvalue weighted by Gasteiger charge is -2.10. The van der Waals surface area contributed by atoms with Crippen LogP contribution in [0.4, 0.5) is 0 Å². The van der Waals surface area contributed by atoms with Crippen molar-refractivity contribution in [2.24, 2.45) is 0 Å². The first-order valence-electron chi connectivity index (χ1n) is 5.51. The van der Waals surface area contributed by atoms with Crippen LogP contribution in [-0.4, -0.2) is 9.55 Å². The second kappa shape index (κ2) is 3.59. The van der Waals surface area contributed by atoms with E-state index in [0.29, 0.717) is 0 Å². The summed E-state index contributed by atoms with van der Waals surface area (Å²) in [5, 5.41) is 0. The van der Waals surface area contributed by atoms with E-state index in [1.54, 1.807) is 6.07 Å². The molecule has 3 nitrogen and oxygen atoms in total. The minimum absolute atomic E-state index is 0.132. The van der Waals surface area contributed by atoms with Crippen LogP contribution in [0.2, 0.25) is 0 Å². The molecule has 2 heterocycles. The fourth-order valence-corrected chi connectivity index (χ4v) is 2.24. The first kappa shape index (κ1) is 9.33. The molecule has 0 unspecified atom stereocenters. The van der Waals surface area contributed by atoms with Crippen LogP contribution in [0, 0.1) is 0 Å². The molecule has 0 bridgehead atoms. The number of aryl methyl sites for hydroxylation is 1. The molecule has 1 aromatic carbocycles. The second-order valence-corrected chi connectivity index (χ2v) is 4.02. The van der Waals surface area contributed by atoms with E-state index in [-0.39, 0.29) is 5.56 Å². The van der Waals surface area contributed by atoms with Crippen molar-refractivity contribution in [3.8, 4) is 11.3 Å². The molecule has 1 aromatic heterocycles. The third kappa shape index (κ3) is 1.45. The molecule has 16 heavy (non-hydrogen) atoms. The normalized spacial score (nSPS) is 13.8. The summed E-state index contributed by atoms with van der Waals surface area (Å²) >= 11 is 0. The van der Waals surface area contributed by atoms with E-state index in [9.17, 15) is 4.79 Å². The highest BCUT2D eigenvalue weighted by Gasteiger charge is 2.15. The first-order valence-corrected chi connectivity index (χ1v) is 5.51. The molecule has 0 fully saturated rings. The first-order chi connectivity index (χ1) is 7.84. The predicted octanol–water partition coefficient (Wildman–Crippen LogP) is 1.86. The molecular formula is C13H12N2O. The Balaban J connectivity index is 2.25. The van der Waals surface area contributed by atoms with Crippen LogP contribution in [0.1, 0.15) is 12.2 Å². The van der Waals surface area contributed by atoms with Gasteiger partial charge in [0, 0.05) is 19.0 Å². The number of aromatic nitrogens is 2. The van der Waals surface area contributed by atoms with Gasteiger partial charge in [-0.25, -0.2) is 0 Å². The molecule has 0 N–H and O–H groups in total. The van der Waals surface area contributed by atoms with Gasteiger partial charge in [0.1, 0.15) is 5.82 Å². The van der Waals surface area contributed by atoms with Gasteiger partial charge >= 0.3 is 0 Å². The van der Waals surface area contributed by atoms with Gasteiger partial charge in [-0.3, -0.25) is 4.79 Å². The molecule has 0 atom stereocenters. The molecule has 0 saturated heterocycles. The van der Waals surface area contributed by atoms with E-state index in [1.165, 1.54) is 0 Å². The van der Waals surface area contributed by atoms with Crippen molar-refractivity contribution in [2.45, 2.75) is 19.4 Å². The SMILES string of the molecule is O=c1cc(-c2ccccc2)n2c(n1)CCC2. The van der Waals surface area contributed by atoms with Crippen LogP contribution in [0.5, 0.6) is 0 Å². The van der Waals surface area contributed by atoms with E-state index in [2.05, 4.69) is 9.55 Å². The number of benzene rings is 1. The van der Waals surface area contributed by atoms with Crippen molar-refractivity contribution < 1.29 is 0 Å². The summed E-state index contributed by atoms with van der Waals surface area (Å²) in [4.78, 5) is 15.5. The summed E-state index contributed by atoms with van der Waals surface area (Å²) in [5.74, 6) is 0.923. The van der Waals surface area contributed by atoms with Crippen molar-refractivity contribution in [2.75, 3.05) is 0 Å². The molecule has 3 heteroatoms. The Kier molecular flexibility index (Phi) is 2.10. The van der Waals surface area contributed by atoms with Gasteiger partial charge in [-0.1, -0.05) is 30.3 Å². The van der Waals surface area contributed by atoms with Gasteiger partial charge in [-0.05, 0) is 12.0 Å². The topological polar surface area (TPSA) is 34.9 Å². The van der Waals surface area contributed by atoms with Gasteiger partial charge in [0.25, 0.3) is 5.56 Å². The summed E-state index contributed by atoms with van der Waals surface area (Å²) in [6, 6.07) is 11.6. The lowest BCUT2D eigenvalue weighted by Crippen LogP contribution is -2.14. The third-order valence-corrected chi connectivity index (χ3v) is 2.95. The molecule has 1 aliphatic heterocycles. The summed E-state index contributed by atoms with van der Waals surface area (Å²) in [7, 11) is 0. The fourth-order valence-electron chi connectivity index (χ4n) is 2.24. The Labute approximate surface area is 93.4 Å². The number of fused-ring (bicyclic) bond motifs is 1. The Bertz CT molecular complexity index is 572. The summed E-state index contributed by atoms with van der Waals surface area (Å²) in [6.45, 7) is 0.965. The molecule has 1 aliphatic rings. The van der Waals surface area contributed by atoms with Crippen molar-refractivity contribution in [3.05, 3.63) is 52.6 Å². The standard InChI is InChI=1S/C13H12N2O/c16-13-9-11(10-5-2-1-3-6-10)15-8-4-7-12(15)14-13/h1-3,5-6,9H,4,7-8H2. The molecule has 0 amide bonds. The fraction of sp³-hybridized carbons (Fsp3) is 0.231. The van der Waals surface area contributed by atoms with Crippen molar-refractivity contribution in [3.63, 3.8) is 0 Å². The van der Waals surface area contributed by atoms with Gasteiger partial charge < -0.3 is 4.57 Å². The van der Waals surface area contributed by atoms with Crippen LogP contribution in [-0.2, 0) is 13.0 Å². The highest BCUT2D eigenvalue weighted by atomic mass is 16.1. The summed E-state index contributed by atoms with van der Waals surface area (Å²) in [6.07, 6.45) is 1.99. The van der Waals surface area contributed by atoms with Crippen molar-refractivity contribution >= 4 is 0 Å². The van der Waals surface area contributed by atoms with Crippen molar-refractivity contribution in [1.29, 1.82) is 0 Å². The Morgan fingerprint density at radius 3 is 2.81 bits per heavy atom.